The zero-order chi connectivity index (χ0) is 27.0. The molecule has 7 heteroatoms. The van der Waals surface area contributed by atoms with Crippen LogP contribution in [0.4, 0.5) is 4.39 Å². The van der Waals surface area contributed by atoms with Gasteiger partial charge in [0.2, 0.25) is 0 Å². The van der Waals surface area contributed by atoms with Crippen LogP contribution in [0.3, 0.4) is 0 Å². The highest BCUT2D eigenvalue weighted by Gasteiger charge is 2.32. The Labute approximate surface area is 225 Å². The molecule has 204 valence electrons. The number of likely N-dealkylation sites (tertiary alicyclic amines) is 1. The molecular weight excluding hydrogens is 479 g/mol. The molecule has 6 nitrogen and oxygen atoms in total. The van der Waals surface area contributed by atoms with E-state index in [4.69, 9.17) is 4.74 Å². The van der Waals surface area contributed by atoms with Crippen molar-refractivity contribution in [3.63, 3.8) is 0 Å². The van der Waals surface area contributed by atoms with Gasteiger partial charge in [-0.3, -0.25) is 9.78 Å². The summed E-state index contributed by atoms with van der Waals surface area (Å²) in [6.45, 7) is 12.4. The molecule has 0 bridgehead atoms. The van der Waals surface area contributed by atoms with Crippen LogP contribution in [0.2, 0.25) is 0 Å². The van der Waals surface area contributed by atoms with Gasteiger partial charge in [0.1, 0.15) is 5.82 Å². The van der Waals surface area contributed by atoms with Crippen molar-refractivity contribution in [2.45, 2.75) is 65.5 Å². The molecule has 2 aromatic heterocycles. The monoisotopic (exact) mass is 520 g/mol. The summed E-state index contributed by atoms with van der Waals surface area (Å²) in [7, 11) is 1.76. The summed E-state index contributed by atoms with van der Waals surface area (Å²) in [5.74, 6) is 0.693. The number of aromatic nitrogens is 2. The topological polar surface area (TPSA) is 50.6 Å². The highest BCUT2D eigenvalue weighted by atomic mass is 19.1. The number of carbonyl (C=O) groups is 1. The van der Waals surface area contributed by atoms with E-state index >= 15 is 0 Å². The Morgan fingerprint density at radius 2 is 1.95 bits per heavy atom. The Balaban J connectivity index is 1.46. The third-order valence-electron chi connectivity index (χ3n) is 8.87. The largest absolute Gasteiger partial charge is 0.381 e. The summed E-state index contributed by atoms with van der Waals surface area (Å²) in [5, 5.41) is 1.19. The van der Waals surface area contributed by atoms with Crippen LogP contribution in [0.5, 0.6) is 0 Å². The van der Waals surface area contributed by atoms with E-state index in [9.17, 15) is 9.18 Å². The Hall–Kier alpha value is -2.77. The first kappa shape index (κ1) is 26.8. The fraction of sp³-hybridized carbons (Fsp3) is 0.548. The Morgan fingerprint density at radius 3 is 2.68 bits per heavy atom. The van der Waals surface area contributed by atoms with Gasteiger partial charge in [0.05, 0.1) is 23.0 Å². The smallest absolute Gasteiger partial charge is 0.256 e. The van der Waals surface area contributed by atoms with Crippen molar-refractivity contribution in [2.24, 2.45) is 11.8 Å². The van der Waals surface area contributed by atoms with Crippen LogP contribution in [0.1, 0.15) is 61.5 Å². The molecular formula is C31H41FN4O2. The molecule has 2 fully saturated rings. The van der Waals surface area contributed by atoms with Gasteiger partial charge in [-0.1, -0.05) is 0 Å². The molecule has 2 aliphatic heterocycles. The van der Waals surface area contributed by atoms with Crippen LogP contribution >= 0.6 is 0 Å². The number of pyridine rings is 1. The lowest BCUT2D eigenvalue weighted by Crippen LogP contribution is -2.39. The van der Waals surface area contributed by atoms with Gasteiger partial charge in [-0.05, 0) is 101 Å². The lowest BCUT2D eigenvalue weighted by Gasteiger charge is -2.34. The molecule has 0 aliphatic carbocycles. The number of fused-ring (bicyclic) bond motifs is 1. The minimum absolute atomic E-state index is 0.00772. The molecule has 2 atom stereocenters. The SMILES string of the molecule is Cc1cncc2c1c(C[C@@H]1CCN(C(C)C3CCOCC3)C1)cn2-c1ccc(F)cc1C(=O)N(C)C(C)C. The third kappa shape index (κ3) is 5.23. The van der Waals surface area contributed by atoms with E-state index in [1.807, 2.05) is 30.8 Å². The van der Waals surface area contributed by atoms with Crippen LogP contribution in [-0.4, -0.2) is 70.7 Å². The van der Waals surface area contributed by atoms with Crippen LogP contribution in [0, 0.1) is 24.6 Å². The summed E-state index contributed by atoms with van der Waals surface area (Å²) in [6, 6.07) is 5.10. The number of hydrogen-bond donors (Lipinski definition) is 0. The molecule has 3 aromatic rings. The van der Waals surface area contributed by atoms with Crippen molar-refractivity contribution in [1.29, 1.82) is 0 Å². The molecule has 5 rings (SSSR count). The maximum atomic E-state index is 14.4. The maximum Gasteiger partial charge on any atom is 0.256 e. The van der Waals surface area contributed by atoms with Gasteiger partial charge >= 0.3 is 0 Å². The fourth-order valence-corrected chi connectivity index (χ4v) is 6.32. The molecule has 4 heterocycles. The third-order valence-corrected chi connectivity index (χ3v) is 8.87. The first-order chi connectivity index (χ1) is 18.2. The number of ether oxygens (including phenoxy) is 1. The van der Waals surface area contributed by atoms with Gasteiger partial charge in [-0.25, -0.2) is 4.39 Å². The number of hydrogen-bond acceptors (Lipinski definition) is 4. The standard InChI is InChI=1S/C31H41FN4O2/c1-20(2)34(5)31(37)27-15-26(32)6-7-28(27)36-19-25(30-21(3)16-33-17-29(30)36)14-23-8-11-35(18-23)22(4)24-9-12-38-13-10-24/h6-7,15-17,19-20,22-24H,8-14,18H2,1-5H3/t22?,23-/m0/s1. The van der Waals surface area contributed by atoms with Crippen molar-refractivity contribution in [3.05, 3.63) is 59.3 Å². The predicted octanol–water partition coefficient (Wildman–Crippen LogP) is 5.63. The van der Waals surface area contributed by atoms with Crippen LogP contribution in [-0.2, 0) is 11.2 Å². The molecule has 2 saturated heterocycles. The second-order valence-corrected chi connectivity index (χ2v) is 11.6. The van der Waals surface area contributed by atoms with Gasteiger partial charge in [0.25, 0.3) is 5.91 Å². The lowest BCUT2D eigenvalue weighted by atomic mass is 9.92. The second-order valence-electron chi connectivity index (χ2n) is 11.6. The highest BCUT2D eigenvalue weighted by molar-refractivity contribution is 5.99. The Kier molecular flexibility index (Phi) is 7.87. The average Bonchev–Trinajstić information content (AvgIpc) is 3.53. The maximum absolute atomic E-state index is 14.4. The summed E-state index contributed by atoms with van der Waals surface area (Å²) in [6.07, 6.45) is 10.4. The normalized spacial score (nSPS) is 19.9. The minimum atomic E-state index is -0.412. The molecule has 0 N–H and O–H groups in total. The molecule has 1 aromatic carbocycles. The first-order valence-electron chi connectivity index (χ1n) is 14.1. The summed E-state index contributed by atoms with van der Waals surface area (Å²) in [5.41, 5.74) is 4.40. The molecule has 0 saturated carbocycles. The van der Waals surface area contributed by atoms with E-state index in [1.165, 1.54) is 29.5 Å². The van der Waals surface area contributed by atoms with Gasteiger partial charge in [-0.2, -0.15) is 0 Å². The van der Waals surface area contributed by atoms with E-state index in [2.05, 4.69) is 29.9 Å². The van der Waals surface area contributed by atoms with Crippen molar-refractivity contribution >= 4 is 16.8 Å². The quantitative estimate of drug-likeness (QED) is 0.405. The fourth-order valence-electron chi connectivity index (χ4n) is 6.32. The number of amides is 1. The molecule has 1 amide bonds. The lowest BCUT2D eigenvalue weighted by molar-refractivity contribution is 0.0348. The highest BCUT2D eigenvalue weighted by Crippen LogP contribution is 2.34. The van der Waals surface area contributed by atoms with Crippen molar-refractivity contribution in [1.82, 2.24) is 19.4 Å². The summed E-state index contributed by atoms with van der Waals surface area (Å²) >= 11 is 0. The number of carbonyl (C=O) groups excluding carboxylic acids is 1. The molecule has 38 heavy (non-hydrogen) atoms. The summed E-state index contributed by atoms with van der Waals surface area (Å²) in [4.78, 5) is 22.2. The van der Waals surface area contributed by atoms with Gasteiger partial charge in [0.15, 0.2) is 0 Å². The minimum Gasteiger partial charge on any atom is -0.381 e. The van der Waals surface area contributed by atoms with E-state index in [0.29, 0.717) is 23.2 Å². The number of rotatable bonds is 7. The van der Waals surface area contributed by atoms with Crippen LogP contribution in [0.25, 0.3) is 16.6 Å². The molecule has 0 radical (unpaired) electrons. The zero-order valence-corrected chi connectivity index (χ0v) is 23.4. The van der Waals surface area contributed by atoms with Gasteiger partial charge in [0, 0.05) is 56.7 Å². The van der Waals surface area contributed by atoms with Crippen LogP contribution < -0.4 is 0 Å². The number of nitrogens with zero attached hydrogens (tertiary/aromatic N) is 4. The Morgan fingerprint density at radius 1 is 1.18 bits per heavy atom. The van der Waals surface area contributed by atoms with Crippen molar-refractivity contribution < 1.29 is 13.9 Å². The predicted molar refractivity (Wildman–Crippen MR) is 149 cm³/mol. The van der Waals surface area contributed by atoms with Crippen molar-refractivity contribution in [2.75, 3.05) is 33.4 Å². The number of benzene rings is 1. The first-order valence-corrected chi connectivity index (χ1v) is 14.1. The van der Waals surface area contributed by atoms with Gasteiger partial charge in [-0.15, -0.1) is 0 Å². The molecule has 2 aliphatic rings. The summed E-state index contributed by atoms with van der Waals surface area (Å²) < 4.78 is 22.0. The number of aryl methyl sites for hydroxylation is 1. The van der Waals surface area contributed by atoms with Gasteiger partial charge < -0.3 is 19.1 Å². The van der Waals surface area contributed by atoms with E-state index in [1.54, 1.807) is 18.0 Å². The van der Waals surface area contributed by atoms with Crippen LogP contribution in [0.15, 0.2) is 36.8 Å². The zero-order valence-electron chi connectivity index (χ0n) is 23.4. The van der Waals surface area contributed by atoms with E-state index < -0.39 is 5.82 Å². The van der Waals surface area contributed by atoms with Crippen molar-refractivity contribution in [3.8, 4) is 5.69 Å². The Bertz CT molecular complexity index is 1300. The number of halogens is 1. The second kappa shape index (κ2) is 11.1. The van der Waals surface area contributed by atoms with E-state index in [-0.39, 0.29) is 11.9 Å². The average molecular weight is 521 g/mol. The van der Waals surface area contributed by atoms with E-state index in [0.717, 1.165) is 62.6 Å². The molecule has 0 spiro atoms. The molecule has 1 unspecified atom stereocenters.